The molecule has 0 amide bonds. The van der Waals surface area contributed by atoms with Crippen LogP contribution in [0, 0.1) is 0 Å². The Morgan fingerprint density at radius 2 is 2.07 bits per heavy atom. The number of allylic oxidation sites excluding steroid dienone is 1. The molecule has 1 aromatic carbocycles. The van der Waals surface area contributed by atoms with Crippen molar-refractivity contribution in [2.24, 2.45) is 0 Å². The van der Waals surface area contributed by atoms with E-state index in [0.717, 1.165) is 5.56 Å². The van der Waals surface area contributed by atoms with Gasteiger partial charge in [0.2, 0.25) is 0 Å². The molecule has 14 heavy (non-hydrogen) atoms. The summed E-state index contributed by atoms with van der Waals surface area (Å²) in [6.07, 6.45) is -2.49. The van der Waals surface area contributed by atoms with Crippen LogP contribution in [0.5, 0.6) is 5.75 Å². The summed E-state index contributed by atoms with van der Waals surface area (Å²) in [5, 5.41) is 0. The number of ether oxygens (including phenoxy) is 1. The maximum absolute atomic E-state index is 11.8. The van der Waals surface area contributed by atoms with E-state index in [1.54, 1.807) is 12.1 Å². The summed E-state index contributed by atoms with van der Waals surface area (Å²) >= 11 is 0. The molecule has 0 aliphatic heterocycles. The maximum Gasteiger partial charge on any atom is 0.573 e. The van der Waals surface area contributed by atoms with Crippen LogP contribution in [0.15, 0.2) is 36.9 Å². The largest absolute Gasteiger partial charge is 0.573 e. The van der Waals surface area contributed by atoms with Gasteiger partial charge in [-0.2, -0.15) is 0 Å². The van der Waals surface area contributed by atoms with Gasteiger partial charge in [0, 0.05) is 0 Å². The van der Waals surface area contributed by atoms with Crippen molar-refractivity contribution >= 4 is 0 Å². The molecule has 0 spiro atoms. The smallest absolute Gasteiger partial charge is 0.406 e. The number of hydrogen-bond donors (Lipinski definition) is 0. The van der Waals surface area contributed by atoms with Gasteiger partial charge in [-0.1, -0.05) is 18.2 Å². The zero-order valence-electron chi connectivity index (χ0n) is 7.34. The van der Waals surface area contributed by atoms with E-state index in [-0.39, 0.29) is 5.75 Å². The van der Waals surface area contributed by atoms with Gasteiger partial charge in [0.25, 0.3) is 0 Å². The Morgan fingerprint density at radius 1 is 1.36 bits per heavy atom. The molecule has 0 unspecified atom stereocenters. The van der Waals surface area contributed by atoms with Gasteiger partial charge in [0.05, 0.1) is 0 Å². The Kier molecular flexibility index (Phi) is 3.17. The summed E-state index contributed by atoms with van der Waals surface area (Å²) in [6, 6.07) is 5.83. The van der Waals surface area contributed by atoms with Crippen molar-refractivity contribution in [3.63, 3.8) is 0 Å². The fourth-order valence-corrected chi connectivity index (χ4v) is 1.04. The van der Waals surface area contributed by atoms with Crippen LogP contribution in [0.1, 0.15) is 5.56 Å². The zero-order chi connectivity index (χ0) is 10.6. The van der Waals surface area contributed by atoms with Gasteiger partial charge in [-0.15, -0.1) is 19.8 Å². The fraction of sp³-hybridized carbons (Fsp3) is 0.200. The van der Waals surface area contributed by atoms with Crippen molar-refractivity contribution in [1.82, 2.24) is 0 Å². The highest BCUT2D eigenvalue weighted by atomic mass is 19.4. The molecule has 0 aliphatic carbocycles. The molecule has 0 bridgehead atoms. The molecule has 0 fully saturated rings. The predicted octanol–water partition coefficient (Wildman–Crippen LogP) is 3.31. The van der Waals surface area contributed by atoms with E-state index >= 15 is 0 Å². The third-order valence-electron chi connectivity index (χ3n) is 1.51. The number of alkyl halides is 3. The van der Waals surface area contributed by atoms with E-state index in [4.69, 9.17) is 0 Å². The molecule has 0 saturated heterocycles. The van der Waals surface area contributed by atoms with Gasteiger partial charge in [-0.05, 0) is 24.1 Å². The topological polar surface area (TPSA) is 9.23 Å². The van der Waals surface area contributed by atoms with Crippen LogP contribution in [0.3, 0.4) is 0 Å². The van der Waals surface area contributed by atoms with E-state index in [0.29, 0.717) is 6.42 Å². The van der Waals surface area contributed by atoms with E-state index in [9.17, 15) is 13.2 Å². The Morgan fingerprint density at radius 3 is 2.64 bits per heavy atom. The van der Waals surface area contributed by atoms with Gasteiger partial charge in [0.1, 0.15) is 5.75 Å². The quantitative estimate of drug-likeness (QED) is 0.683. The fourth-order valence-electron chi connectivity index (χ4n) is 1.04. The Bertz CT molecular complexity index is 317. The lowest BCUT2D eigenvalue weighted by molar-refractivity contribution is -0.274. The van der Waals surface area contributed by atoms with Gasteiger partial charge >= 0.3 is 6.36 Å². The van der Waals surface area contributed by atoms with Crippen molar-refractivity contribution in [3.8, 4) is 5.75 Å². The van der Waals surface area contributed by atoms with Crippen LogP contribution in [-0.2, 0) is 6.42 Å². The SMILES string of the molecule is C=CCc1cccc(OC(F)(F)F)c1. The first kappa shape index (κ1) is 10.6. The summed E-state index contributed by atoms with van der Waals surface area (Å²) < 4.78 is 39.2. The highest BCUT2D eigenvalue weighted by molar-refractivity contribution is 5.29. The normalized spacial score (nSPS) is 11.1. The number of halogens is 3. The molecule has 0 heterocycles. The summed E-state index contributed by atoms with van der Waals surface area (Å²) in [4.78, 5) is 0. The molecule has 1 nitrogen and oxygen atoms in total. The van der Waals surface area contributed by atoms with Crippen molar-refractivity contribution in [2.75, 3.05) is 0 Å². The van der Waals surface area contributed by atoms with Gasteiger partial charge < -0.3 is 4.74 Å². The molecule has 0 aromatic heterocycles. The Hall–Kier alpha value is -1.45. The Balaban J connectivity index is 2.78. The van der Waals surface area contributed by atoms with Crippen molar-refractivity contribution in [2.45, 2.75) is 12.8 Å². The number of rotatable bonds is 3. The molecule has 0 saturated carbocycles. The molecular formula is C10H9F3O. The van der Waals surface area contributed by atoms with Gasteiger partial charge in [-0.25, -0.2) is 0 Å². The third-order valence-corrected chi connectivity index (χ3v) is 1.51. The van der Waals surface area contributed by atoms with Crippen molar-refractivity contribution < 1.29 is 17.9 Å². The highest BCUT2D eigenvalue weighted by Crippen LogP contribution is 2.23. The maximum atomic E-state index is 11.8. The lowest BCUT2D eigenvalue weighted by Crippen LogP contribution is -2.17. The van der Waals surface area contributed by atoms with E-state index in [1.807, 2.05) is 0 Å². The molecule has 76 valence electrons. The second kappa shape index (κ2) is 4.17. The first-order valence-corrected chi connectivity index (χ1v) is 3.97. The summed E-state index contributed by atoms with van der Waals surface area (Å²) in [6.45, 7) is 3.50. The van der Waals surface area contributed by atoms with E-state index in [1.165, 1.54) is 18.2 Å². The number of hydrogen-bond acceptors (Lipinski definition) is 1. The van der Waals surface area contributed by atoms with Crippen molar-refractivity contribution in [3.05, 3.63) is 42.5 Å². The molecule has 4 heteroatoms. The first-order chi connectivity index (χ1) is 6.51. The summed E-state index contributed by atoms with van der Waals surface area (Å²) in [7, 11) is 0. The molecule has 1 rings (SSSR count). The molecule has 0 radical (unpaired) electrons. The lowest BCUT2D eigenvalue weighted by Gasteiger charge is -2.09. The van der Waals surface area contributed by atoms with Crippen molar-refractivity contribution in [1.29, 1.82) is 0 Å². The second-order valence-corrected chi connectivity index (χ2v) is 2.69. The average molecular weight is 202 g/mol. The standard InChI is InChI=1S/C10H9F3O/c1-2-4-8-5-3-6-9(7-8)14-10(11,12)13/h2-3,5-7H,1,4H2. The van der Waals surface area contributed by atoms with E-state index in [2.05, 4.69) is 11.3 Å². The van der Waals surface area contributed by atoms with Crippen LogP contribution in [0.2, 0.25) is 0 Å². The van der Waals surface area contributed by atoms with Crippen LogP contribution in [-0.4, -0.2) is 6.36 Å². The Labute approximate surface area is 79.8 Å². The second-order valence-electron chi connectivity index (χ2n) is 2.69. The van der Waals surface area contributed by atoms with Gasteiger partial charge in [-0.3, -0.25) is 0 Å². The minimum absolute atomic E-state index is 0.197. The summed E-state index contributed by atoms with van der Waals surface area (Å²) in [5.74, 6) is -0.197. The molecule has 0 aliphatic rings. The molecule has 1 aromatic rings. The minimum Gasteiger partial charge on any atom is -0.406 e. The zero-order valence-corrected chi connectivity index (χ0v) is 7.34. The predicted molar refractivity (Wildman–Crippen MR) is 47.0 cm³/mol. The molecular weight excluding hydrogens is 193 g/mol. The van der Waals surface area contributed by atoms with Crippen LogP contribution in [0.4, 0.5) is 13.2 Å². The van der Waals surface area contributed by atoms with Gasteiger partial charge in [0.15, 0.2) is 0 Å². The van der Waals surface area contributed by atoms with Crippen LogP contribution < -0.4 is 4.74 Å². The van der Waals surface area contributed by atoms with Crippen LogP contribution >= 0.6 is 0 Å². The minimum atomic E-state index is -4.63. The monoisotopic (exact) mass is 202 g/mol. The highest BCUT2D eigenvalue weighted by Gasteiger charge is 2.30. The average Bonchev–Trinajstić information content (AvgIpc) is 2.02. The first-order valence-electron chi connectivity index (χ1n) is 3.97. The molecule has 0 atom stereocenters. The number of benzene rings is 1. The van der Waals surface area contributed by atoms with Crippen LogP contribution in [0.25, 0.3) is 0 Å². The molecule has 0 N–H and O–H groups in total. The third kappa shape index (κ3) is 3.51. The van der Waals surface area contributed by atoms with E-state index < -0.39 is 6.36 Å². The summed E-state index contributed by atoms with van der Waals surface area (Å²) in [5.41, 5.74) is 0.738. The lowest BCUT2D eigenvalue weighted by atomic mass is 10.1.